The molecule has 0 aliphatic carbocycles. The number of pyridine rings is 1. The van der Waals surface area contributed by atoms with E-state index >= 15 is 0 Å². The van der Waals surface area contributed by atoms with Gasteiger partial charge in [-0.3, -0.25) is 4.98 Å². The van der Waals surface area contributed by atoms with Crippen LogP contribution in [0.1, 0.15) is 13.3 Å². The number of hydrogen-bond donors (Lipinski definition) is 1. The molecule has 0 spiro atoms. The molecule has 0 fully saturated rings. The fraction of sp³-hybridized carbons (Fsp3) is 0.214. The minimum atomic E-state index is 0.985. The van der Waals surface area contributed by atoms with Crippen molar-refractivity contribution in [1.82, 2.24) is 4.98 Å². The summed E-state index contributed by atoms with van der Waals surface area (Å²) in [6.07, 6.45) is 2.96. The Kier molecular flexibility index (Phi) is 4.15. The normalized spacial score (nSPS) is 10.2. The Balaban J connectivity index is 2.30. The highest BCUT2D eigenvalue weighted by atomic mass is 79.9. The zero-order valence-electron chi connectivity index (χ0n) is 9.78. The lowest BCUT2D eigenvalue weighted by Gasteiger charge is -2.07. The number of hydrogen-bond acceptors (Lipinski definition) is 2. The van der Waals surface area contributed by atoms with E-state index in [0.717, 1.165) is 34.4 Å². The number of rotatable bonds is 4. The van der Waals surface area contributed by atoms with E-state index in [1.807, 2.05) is 30.5 Å². The first kappa shape index (κ1) is 12.1. The van der Waals surface area contributed by atoms with Crippen molar-refractivity contribution in [2.75, 3.05) is 11.9 Å². The molecule has 1 heterocycles. The molecular weight excluding hydrogens is 276 g/mol. The van der Waals surface area contributed by atoms with E-state index in [1.54, 1.807) is 0 Å². The highest BCUT2D eigenvalue weighted by Crippen LogP contribution is 2.27. The molecule has 1 aromatic carbocycles. The molecule has 0 aliphatic rings. The third-order valence-electron chi connectivity index (χ3n) is 2.49. The van der Waals surface area contributed by atoms with Crippen molar-refractivity contribution in [1.29, 1.82) is 0 Å². The predicted octanol–water partition coefficient (Wildman–Crippen LogP) is 4.33. The van der Waals surface area contributed by atoms with Gasteiger partial charge in [0.1, 0.15) is 0 Å². The Morgan fingerprint density at radius 3 is 2.82 bits per heavy atom. The summed E-state index contributed by atoms with van der Waals surface area (Å²) in [6, 6.07) is 12.2. The lowest BCUT2D eigenvalue weighted by atomic mass is 10.1. The van der Waals surface area contributed by atoms with E-state index in [-0.39, 0.29) is 0 Å². The summed E-state index contributed by atoms with van der Waals surface area (Å²) in [4.78, 5) is 4.41. The molecule has 3 heteroatoms. The molecule has 0 unspecified atom stereocenters. The molecule has 1 N–H and O–H groups in total. The van der Waals surface area contributed by atoms with Gasteiger partial charge < -0.3 is 5.32 Å². The quantitative estimate of drug-likeness (QED) is 0.906. The minimum absolute atomic E-state index is 0.985. The molecule has 2 aromatic rings. The highest BCUT2D eigenvalue weighted by Gasteiger charge is 2.03. The fourth-order valence-corrected chi connectivity index (χ4v) is 2.11. The summed E-state index contributed by atoms with van der Waals surface area (Å²) in [5.74, 6) is 0. The third-order valence-corrected chi connectivity index (χ3v) is 3.18. The Labute approximate surface area is 110 Å². The van der Waals surface area contributed by atoms with Crippen LogP contribution in [0.15, 0.2) is 47.1 Å². The number of nitrogens with one attached hydrogen (secondary N) is 1. The molecule has 1 aromatic heterocycles. The van der Waals surface area contributed by atoms with Gasteiger partial charge in [-0.15, -0.1) is 0 Å². The van der Waals surface area contributed by atoms with Gasteiger partial charge in [-0.25, -0.2) is 0 Å². The van der Waals surface area contributed by atoms with Crippen molar-refractivity contribution in [3.8, 4) is 11.3 Å². The summed E-state index contributed by atoms with van der Waals surface area (Å²) in [6.45, 7) is 3.14. The first-order chi connectivity index (χ1) is 8.31. The number of nitrogens with zero attached hydrogens (tertiary/aromatic N) is 1. The molecule has 0 aliphatic heterocycles. The number of halogens is 1. The topological polar surface area (TPSA) is 24.9 Å². The molecule has 0 radical (unpaired) electrons. The molecule has 0 saturated heterocycles. The van der Waals surface area contributed by atoms with Crippen LogP contribution < -0.4 is 5.32 Å². The van der Waals surface area contributed by atoms with Crippen LogP contribution in [0.4, 0.5) is 5.69 Å². The predicted molar refractivity (Wildman–Crippen MR) is 76.2 cm³/mol. The van der Waals surface area contributed by atoms with Gasteiger partial charge in [0.25, 0.3) is 0 Å². The molecule has 2 rings (SSSR count). The molecule has 2 nitrogen and oxygen atoms in total. The van der Waals surface area contributed by atoms with Crippen LogP contribution >= 0.6 is 15.9 Å². The van der Waals surface area contributed by atoms with Gasteiger partial charge in [0, 0.05) is 28.5 Å². The molecule has 0 atom stereocenters. The Morgan fingerprint density at radius 1 is 1.24 bits per heavy atom. The van der Waals surface area contributed by atoms with Crippen molar-refractivity contribution in [2.45, 2.75) is 13.3 Å². The van der Waals surface area contributed by atoms with E-state index in [9.17, 15) is 0 Å². The molecule has 0 saturated carbocycles. The van der Waals surface area contributed by atoms with Crippen LogP contribution in [0, 0.1) is 0 Å². The Bertz CT molecular complexity index is 497. The largest absolute Gasteiger partial charge is 0.385 e. The second kappa shape index (κ2) is 5.82. The third kappa shape index (κ3) is 3.07. The SMILES string of the molecule is CCCNc1ccnc(-c2ccccc2Br)c1. The first-order valence-corrected chi connectivity index (χ1v) is 6.55. The van der Waals surface area contributed by atoms with Crippen LogP contribution in [0.2, 0.25) is 0 Å². The molecule has 88 valence electrons. The van der Waals surface area contributed by atoms with Crippen molar-refractivity contribution >= 4 is 21.6 Å². The second-order valence-electron chi connectivity index (χ2n) is 3.84. The molecule has 0 bridgehead atoms. The zero-order valence-corrected chi connectivity index (χ0v) is 11.4. The minimum Gasteiger partial charge on any atom is -0.385 e. The number of benzene rings is 1. The van der Waals surface area contributed by atoms with Crippen LogP contribution in [-0.4, -0.2) is 11.5 Å². The van der Waals surface area contributed by atoms with Gasteiger partial charge in [-0.05, 0) is 24.6 Å². The summed E-state index contributed by atoms with van der Waals surface area (Å²) >= 11 is 3.55. The van der Waals surface area contributed by atoms with E-state index in [0.29, 0.717) is 0 Å². The maximum atomic E-state index is 4.41. The molecule has 17 heavy (non-hydrogen) atoms. The highest BCUT2D eigenvalue weighted by molar-refractivity contribution is 9.10. The average molecular weight is 291 g/mol. The van der Waals surface area contributed by atoms with Gasteiger partial charge in [0.05, 0.1) is 5.69 Å². The van der Waals surface area contributed by atoms with Crippen molar-refractivity contribution in [2.24, 2.45) is 0 Å². The van der Waals surface area contributed by atoms with Crippen LogP contribution in [0.3, 0.4) is 0 Å². The van der Waals surface area contributed by atoms with Crippen molar-refractivity contribution < 1.29 is 0 Å². The Morgan fingerprint density at radius 2 is 2.06 bits per heavy atom. The standard InChI is InChI=1S/C14H15BrN2/c1-2-8-16-11-7-9-17-14(10-11)12-5-3-4-6-13(12)15/h3-7,9-10H,2,8H2,1H3,(H,16,17). The van der Waals surface area contributed by atoms with Gasteiger partial charge >= 0.3 is 0 Å². The van der Waals surface area contributed by atoms with Crippen molar-refractivity contribution in [3.63, 3.8) is 0 Å². The summed E-state index contributed by atoms with van der Waals surface area (Å²) in [5.41, 5.74) is 3.22. The van der Waals surface area contributed by atoms with Crippen LogP contribution in [0.5, 0.6) is 0 Å². The summed E-state index contributed by atoms with van der Waals surface area (Å²) in [5, 5.41) is 3.37. The maximum absolute atomic E-state index is 4.41. The molecular formula is C14H15BrN2. The average Bonchev–Trinajstić information content (AvgIpc) is 2.37. The monoisotopic (exact) mass is 290 g/mol. The van der Waals surface area contributed by atoms with E-state index in [1.165, 1.54) is 0 Å². The van der Waals surface area contributed by atoms with Crippen molar-refractivity contribution in [3.05, 3.63) is 47.1 Å². The van der Waals surface area contributed by atoms with E-state index in [4.69, 9.17) is 0 Å². The molecule has 0 amide bonds. The smallest absolute Gasteiger partial charge is 0.0733 e. The van der Waals surface area contributed by atoms with Gasteiger partial charge in [0.15, 0.2) is 0 Å². The van der Waals surface area contributed by atoms with Gasteiger partial charge in [-0.2, -0.15) is 0 Å². The van der Waals surface area contributed by atoms with Crippen LogP contribution in [0.25, 0.3) is 11.3 Å². The summed E-state index contributed by atoms with van der Waals surface area (Å²) in [7, 11) is 0. The summed E-state index contributed by atoms with van der Waals surface area (Å²) < 4.78 is 1.07. The maximum Gasteiger partial charge on any atom is 0.0733 e. The lowest BCUT2D eigenvalue weighted by Crippen LogP contribution is -2.00. The van der Waals surface area contributed by atoms with E-state index in [2.05, 4.69) is 45.3 Å². The lowest BCUT2D eigenvalue weighted by molar-refractivity contribution is 0.979. The zero-order chi connectivity index (χ0) is 12.1. The van der Waals surface area contributed by atoms with E-state index < -0.39 is 0 Å². The van der Waals surface area contributed by atoms with Crippen LogP contribution in [-0.2, 0) is 0 Å². The number of anilines is 1. The first-order valence-electron chi connectivity index (χ1n) is 5.76. The second-order valence-corrected chi connectivity index (χ2v) is 4.69. The number of aromatic nitrogens is 1. The van der Waals surface area contributed by atoms with Gasteiger partial charge in [-0.1, -0.05) is 41.1 Å². The fourth-order valence-electron chi connectivity index (χ4n) is 1.63. The Hall–Kier alpha value is -1.35. The van der Waals surface area contributed by atoms with Gasteiger partial charge in [0.2, 0.25) is 0 Å².